The lowest BCUT2D eigenvalue weighted by Crippen LogP contribution is -2.36. The second-order valence-electron chi connectivity index (χ2n) is 5.72. The van der Waals surface area contributed by atoms with Crippen LogP contribution in [-0.4, -0.2) is 34.5 Å². The van der Waals surface area contributed by atoms with Crippen molar-refractivity contribution in [2.75, 3.05) is 25.4 Å². The topological polar surface area (TPSA) is 55.0 Å². The van der Waals surface area contributed by atoms with E-state index in [1.54, 1.807) is 6.20 Å². The van der Waals surface area contributed by atoms with E-state index < -0.39 is 0 Å². The van der Waals surface area contributed by atoms with Crippen molar-refractivity contribution in [3.05, 3.63) is 53.9 Å². The molecule has 0 aliphatic carbocycles. The Kier molecular flexibility index (Phi) is 4.46. The van der Waals surface area contributed by atoms with E-state index in [0.29, 0.717) is 11.9 Å². The lowest BCUT2D eigenvalue weighted by Gasteiger charge is -2.32. The van der Waals surface area contributed by atoms with Crippen LogP contribution in [0.3, 0.4) is 0 Å². The standard InChI is InChI=1S/C17H22N4/c18-17-19-10-8-16(20-17)15-7-4-11-21(13-15)12-9-14-5-2-1-3-6-14/h1-3,5-6,8,10,15H,4,7,9,11-13H2,(H2,18,19,20). The van der Waals surface area contributed by atoms with Crippen molar-refractivity contribution in [2.24, 2.45) is 0 Å². The van der Waals surface area contributed by atoms with Gasteiger partial charge in [0.25, 0.3) is 0 Å². The van der Waals surface area contributed by atoms with E-state index in [-0.39, 0.29) is 0 Å². The lowest BCUT2D eigenvalue weighted by molar-refractivity contribution is 0.208. The summed E-state index contributed by atoms with van der Waals surface area (Å²) >= 11 is 0. The summed E-state index contributed by atoms with van der Waals surface area (Å²) in [5.41, 5.74) is 8.20. The molecule has 1 atom stereocenters. The minimum Gasteiger partial charge on any atom is -0.368 e. The van der Waals surface area contributed by atoms with Gasteiger partial charge in [-0.25, -0.2) is 9.97 Å². The quantitative estimate of drug-likeness (QED) is 0.936. The first-order valence-electron chi connectivity index (χ1n) is 7.66. The van der Waals surface area contributed by atoms with Crippen LogP contribution in [0.4, 0.5) is 5.95 Å². The number of aromatic nitrogens is 2. The molecule has 1 aliphatic rings. The van der Waals surface area contributed by atoms with E-state index in [1.165, 1.54) is 24.9 Å². The Morgan fingerprint density at radius 3 is 2.86 bits per heavy atom. The number of hydrogen-bond acceptors (Lipinski definition) is 4. The number of hydrogen-bond donors (Lipinski definition) is 1. The Labute approximate surface area is 126 Å². The molecule has 110 valence electrons. The maximum atomic E-state index is 5.70. The highest BCUT2D eigenvalue weighted by Gasteiger charge is 2.22. The molecule has 2 aromatic rings. The van der Waals surface area contributed by atoms with Crippen LogP contribution in [-0.2, 0) is 6.42 Å². The number of anilines is 1. The second kappa shape index (κ2) is 6.68. The average Bonchev–Trinajstić information content (AvgIpc) is 2.54. The predicted molar refractivity (Wildman–Crippen MR) is 85.0 cm³/mol. The van der Waals surface area contributed by atoms with Crippen molar-refractivity contribution < 1.29 is 0 Å². The average molecular weight is 282 g/mol. The van der Waals surface area contributed by atoms with Gasteiger partial charge in [-0.1, -0.05) is 30.3 Å². The summed E-state index contributed by atoms with van der Waals surface area (Å²) in [5, 5.41) is 0. The summed E-state index contributed by atoms with van der Waals surface area (Å²) in [4.78, 5) is 10.9. The summed E-state index contributed by atoms with van der Waals surface area (Å²) < 4.78 is 0. The molecule has 0 radical (unpaired) electrons. The third-order valence-electron chi connectivity index (χ3n) is 4.18. The van der Waals surface area contributed by atoms with Crippen LogP contribution in [0, 0.1) is 0 Å². The predicted octanol–water partition coefficient (Wildman–Crippen LogP) is 2.48. The summed E-state index contributed by atoms with van der Waals surface area (Å²) in [6.45, 7) is 3.37. The van der Waals surface area contributed by atoms with Crippen LogP contribution in [0.1, 0.15) is 30.0 Å². The van der Waals surface area contributed by atoms with Crippen molar-refractivity contribution in [1.29, 1.82) is 0 Å². The van der Waals surface area contributed by atoms with Crippen LogP contribution in [0.15, 0.2) is 42.6 Å². The van der Waals surface area contributed by atoms with Crippen molar-refractivity contribution in [3.63, 3.8) is 0 Å². The zero-order chi connectivity index (χ0) is 14.5. The largest absolute Gasteiger partial charge is 0.368 e. The molecule has 1 aliphatic heterocycles. The Morgan fingerprint density at radius 1 is 1.19 bits per heavy atom. The van der Waals surface area contributed by atoms with Gasteiger partial charge in [-0.05, 0) is 37.4 Å². The molecule has 2 heterocycles. The van der Waals surface area contributed by atoms with Gasteiger partial charge in [0, 0.05) is 25.2 Å². The van der Waals surface area contributed by atoms with Crippen molar-refractivity contribution in [2.45, 2.75) is 25.2 Å². The van der Waals surface area contributed by atoms with Crippen LogP contribution in [0.2, 0.25) is 0 Å². The smallest absolute Gasteiger partial charge is 0.220 e. The Hall–Kier alpha value is -1.94. The Morgan fingerprint density at radius 2 is 2.05 bits per heavy atom. The van der Waals surface area contributed by atoms with Gasteiger partial charge in [0.2, 0.25) is 5.95 Å². The molecule has 4 nitrogen and oxygen atoms in total. The molecule has 4 heteroatoms. The first kappa shape index (κ1) is 14.0. The normalized spacial score (nSPS) is 19.5. The summed E-state index contributed by atoms with van der Waals surface area (Å²) in [5.74, 6) is 0.869. The number of nitrogen functional groups attached to an aromatic ring is 1. The number of benzene rings is 1. The van der Waals surface area contributed by atoms with Gasteiger partial charge in [0.05, 0.1) is 5.69 Å². The maximum Gasteiger partial charge on any atom is 0.220 e. The zero-order valence-corrected chi connectivity index (χ0v) is 12.3. The Balaban J connectivity index is 1.58. The lowest BCUT2D eigenvalue weighted by atomic mass is 9.94. The molecule has 3 rings (SSSR count). The molecule has 1 aromatic heterocycles. The van der Waals surface area contributed by atoms with Crippen molar-refractivity contribution in [3.8, 4) is 0 Å². The highest BCUT2D eigenvalue weighted by Crippen LogP contribution is 2.25. The molecule has 1 fully saturated rings. The molecule has 1 saturated heterocycles. The van der Waals surface area contributed by atoms with Gasteiger partial charge in [-0.2, -0.15) is 0 Å². The fourth-order valence-electron chi connectivity index (χ4n) is 3.05. The number of likely N-dealkylation sites (tertiary alicyclic amines) is 1. The molecule has 21 heavy (non-hydrogen) atoms. The fourth-order valence-corrected chi connectivity index (χ4v) is 3.05. The van der Waals surface area contributed by atoms with Crippen molar-refractivity contribution >= 4 is 5.95 Å². The van der Waals surface area contributed by atoms with Gasteiger partial charge in [0.15, 0.2) is 0 Å². The number of rotatable bonds is 4. The Bertz CT molecular complexity index is 570. The molecular weight excluding hydrogens is 260 g/mol. The van der Waals surface area contributed by atoms with Crippen LogP contribution in [0.25, 0.3) is 0 Å². The number of piperidine rings is 1. The summed E-state index contributed by atoms with van der Waals surface area (Å²) in [7, 11) is 0. The SMILES string of the molecule is Nc1nccc(C2CCCN(CCc3ccccc3)C2)n1. The second-order valence-corrected chi connectivity index (χ2v) is 5.72. The molecule has 1 unspecified atom stereocenters. The molecule has 0 spiro atoms. The van der Waals surface area contributed by atoms with E-state index in [4.69, 9.17) is 5.73 Å². The highest BCUT2D eigenvalue weighted by molar-refractivity contribution is 5.20. The number of nitrogens with two attached hydrogens (primary N) is 1. The summed E-state index contributed by atoms with van der Waals surface area (Å²) in [6.07, 6.45) is 5.29. The molecular formula is C17H22N4. The van der Waals surface area contributed by atoms with Gasteiger partial charge in [-0.15, -0.1) is 0 Å². The van der Waals surface area contributed by atoms with Gasteiger partial charge in [-0.3, -0.25) is 0 Å². The zero-order valence-electron chi connectivity index (χ0n) is 12.3. The third kappa shape index (κ3) is 3.79. The van der Waals surface area contributed by atoms with E-state index >= 15 is 0 Å². The molecule has 1 aromatic carbocycles. The van der Waals surface area contributed by atoms with E-state index in [2.05, 4.69) is 45.2 Å². The van der Waals surface area contributed by atoms with E-state index in [0.717, 1.165) is 25.2 Å². The van der Waals surface area contributed by atoms with Gasteiger partial charge < -0.3 is 10.6 Å². The highest BCUT2D eigenvalue weighted by atomic mass is 15.1. The van der Waals surface area contributed by atoms with E-state index in [1.807, 2.05) is 6.07 Å². The van der Waals surface area contributed by atoms with E-state index in [9.17, 15) is 0 Å². The first-order chi connectivity index (χ1) is 10.3. The minimum absolute atomic E-state index is 0.383. The van der Waals surface area contributed by atoms with Gasteiger partial charge >= 0.3 is 0 Å². The number of nitrogens with zero attached hydrogens (tertiary/aromatic N) is 3. The fraction of sp³-hybridized carbons (Fsp3) is 0.412. The van der Waals surface area contributed by atoms with Crippen LogP contribution < -0.4 is 5.73 Å². The maximum absolute atomic E-state index is 5.70. The molecule has 0 amide bonds. The van der Waals surface area contributed by atoms with Crippen LogP contribution >= 0.6 is 0 Å². The minimum atomic E-state index is 0.383. The van der Waals surface area contributed by atoms with Gasteiger partial charge in [0.1, 0.15) is 0 Å². The van der Waals surface area contributed by atoms with Crippen LogP contribution in [0.5, 0.6) is 0 Å². The monoisotopic (exact) mass is 282 g/mol. The summed E-state index contributed by atoms with van der Waals surface area (Å²) in [6, 6.07) is 12.7. The molecule has 0 bridgehead atoms. The molecule has 0 saturated carbocycles. The van der Waals surface area contributed by atoms with Crippen molar-refractivity contribution in [1.82, 2.24) is 14.9 Å². The third-order valence-corrected chi connectivity index (χ3v) is 4.18. The molecule has 2 N–H and O–H groups in total. The first-order valence-corrected chi connectivity index (χ1v) is 7.66.